The Kier molecular flexibility index (Phi) is 9.17. The summed E-state index contributed by atoms with van der Waals surface area (Å²) < 4.78 is 13.2. The highest BCUT2D eigenvalue weighted by atomic mass is 16.5. The van der Waals surface area contributed by atoms with Crippen molar-refractivity contribution in [2.75, 3.05) is 70.4 Å². The van der Waals surface area contributed by atoms with E-state index in [1.54, 1.807) is 25.2 Å². The van der Waals surface area contributed by atoms with Crippen molar-refractivity contribution in [1.82, 2.24) is 24.7 Å². The Hall–Kier alpha value is -5.04. The van der Waals surface area contributed by atoms with Crippen molar-refractivity contribution < 1.29 is 23.9 Å². The maximum Gasteiger partial charge on any atom is 0.287 e. The number of imidazole rings is 1. The van der Waals surface area contributed by atoms with E-state index in [4.69, 9.17) is 9.47 Å². The molecule has 0 atom stereocenters. The van der Waals surface area contributed by atoms with E-state index in [0.29, 0.717) is 68.7 Å². The van der Waals surface area contributed by atoms with Crippen molar-refractivity contribution in [3.05, 3.63) is 113 Å². The van der Waals surface area contributed by atoms with Gasteiger partial charge in [0.2, 0.25) is 0 Å². The minimum Gasteiger partial charge on any atom is -0.378 e. The van der Waals surface area contributed by atoms with Gasteiger partial charge in [-0.25, -0.2) is 4.98 Å². The lowest BCUT2D eigenvalue weighted by molar-refractivity contribution is -0.162. The molecule has 49 heavy (non-hydrogen) atoms. The molecule has 3 aromatic carbocycles. The van der Waals surface area contributed by atoms with Crippen LogP contribution in [0.1, 0.15) is 48.2 Å². The van der Waals surface area contributed by atoms with E-state index in [-0.39, 0.29) is 23.3 Å². The molecule has 1 aromatic heterocycles. The van der Waals surface area contributed by atoms with Gasteiger partial charge in [-0.15, -0.1) is 0 Å². The first-order valence-electron chi connectivity index (χ1n) is 16.6. The standard InChI is InChI=1S/C37H41N7O5/c1-41(2)36(47)28-10-6-27(7-11-28)23-43-14-15-44-32(37(43)24-49-25-37)22-38-33(44)35(46)39-21-26-8-12-30(13-9-26)40-34(45)29-4-3-5-31(20-29)42-16-18-48-19-17-42/h3-13,20,22H,14-19,21,23-25H2,1-2H3,(H,39,46)(H,40,45). The van der Waals surface area contributed by atoms with Gasteiger partial charge in [0, 0.05) is 75.9 Å². The van der Waals surface area contributed by atoms with E-state index in [2.05, 4.69) is 25.4 Å². The lowest BCUT2D eigenvalue weighted by Gasteiger charge is -2.52. The number of benzene rings is 3. The maximum atomic E-state index is 13.3. The second-order valence-corrected chi connectivity index (χ2v) is 12.9. The first kappa shape index (κ1) is 32.5. The van der Waals surface area contributed by atoms with Gasteiger partial charge in [-0.2, -0.15) is 0 Å². The van der Waals surface area contributed by atoms with Crippen LogP contribution >= 0.6 is 0 Å². The molecular formula is C37H41N7O5. The first-order valence-corrected chi connectivity index (χ1v) is 16.6. The second-order valence-electron chi connectivity index (χ2n) is 12.9. The lowest BCUT2D eigenvalue weighted by Crippen LogP contribution is -2.63. The predicted octanol–water partition coefficient (Wildman–Crippen LogP) is 3.35. The molecule has 0 radical (unpaired) electrons. The number of nitrogens with zero attached hydrogens (tertiary/aromatic N) is 5. The van der Waals surface area contributed by atoms with E-state index in [9.17, 15) is 14.4 Å². The van der Waals surface area contributed by atoms with E-state index in [0.717, 1.165) is 42.1 Å². The Labute approximate surface area is 285 Å². The third-order valence-corrected chi connectivity index (χ3v) is 9.55. The van der Waals surface area contributed by atoms with Crippen LogP contribution in [0.3, 0.4) is 0 Å². The van der Waals surface area contributed by atoms with Gasteiger partial charge >= 0.3 is 0 Å². The zero-order valence-electron chi connectivity index (χ0n) is 27.9. The molecule has 12 nitrogen and oxygen atoms in total. The van der Waals surface area contributed by atoms with Crippen molar-refractivity contribution in [2.45, 2.75) is 25.2 Å². The fourth-order valence-electron chi connectivity index (χ4n) is 6.67. The highest BCUT2D eigenvalue weighted by Crippen LogP contribution is 2.40. The summed E-state index contributed by atoms with van der Waals surface area (Å²) in [6.45, 7) is 6.41. The van der Waals surface area contributed by atoms with Crippen LogP contribution in [0.25, 0.3) is 0 Å². The van der Waals surface area contributed by atoms with E-state index < -0.39 is 0 Å². The van der Waals surface area contributed by atoms with Gasteiger partial charge in [-0.05, 0) is 53.6 Å². The number of morpholine rings is 1. The molecule has 254 valence electrons. The molecule has 7 rings (SSSR count). The van der Waals surface area contributed by atoms with E-state index in [1.165, 1.54) is 0 Å². The van der Waals surface area contributed by atoms with E-state index in [1.807, 2.05) is 77.4 Å². The zero-order valence-corrected chi connectivity index (χ0v) is 27.9. The van der Waals surface area contributed by atoms with Crippen LogP contribution in [0.5, 0.6) is 0 Å². The summed E-state index contributed by atoms with van der Waals surface area (Å²) in [5.74, 6) is -0.0572. The van der Waals surface area contributed by atoms with Crippen molar-refractivity contribution in [3.63, 3.8) is 0 Å². The normalized spacial score (nSPS) is 16.8. The Morgan fingerprint density at radius 1 is 0.837 bits per heavy atom. The Balaban J connectivity index is 0.954. The average Bonchev–Trinajstić information content (AvgIpc) is 3.55. The SMILES string of the molecule is CN(C)C(=O)c1ccc(CN2CCn3c(cnc3C(=O)NCc3ccc(NC(=O)c4cccc(N5CCOCC5)c4)cc3)C23COC3)cc1. The van der Waals surface area contributed by atoms with Crippen molar-refractivity contribution >= 4 is 29.1 Å². The summed E-state index contributed by atoms with van der Waals surface area (Å²) in [5.41, 5.74) is 5.57. The summed E-state index contributed by atoms with van der Waals surface area (Å²) in [6, 6.07) is 22.8. The number of carbonyl (C=O) groups excluding carboxylic acids is 3. The van der Waals surface area contributed by atoms with Crippen molar-refractivity contribution in [1.29, 1.82) is 0 Å². The zero-order chi connectivity index (χ0) is 34.0. The van der Waals surface area contributed by atoms with Gasteiger partial charge in [-0.3, -0.25) is 19.3 Å². The monoisotopic (exact) mass is 663 g/mol. The van der Waals surface area contributed by atoms with Gasteiger partial charge in [0.25, 0.3) is 17.7 Å². The highest BCUT2D eigenvalue weighted by Gasteiger charge is 2.50. The molecule has 0 aliphatic carbocycles. The number of amides is 3. The number of hydrogen-bond donors (Lipinski definition) is 2. The molecular weight excluding hydrogens is 622 g/mol. The van der Waals surface area contributed by atoms with E-state index >= 15 is 0 Å². The molecule has 12 heteroatoms. The predicted molar refractivity (Wildman–Crippen MR) is 185 cm³/mol. The average molecular weight is 664 g/mol. The largest absolute Gasteiger partial charge is 0.378 e. The maximum absolute atomic E-state index is 13.3. The Morgan fingerprint density at radius 3 is 2.27 bits per heavy atom. The van der Waals surface area contributed by atoms with Crippen LogP contribution in [0.2, 0.25) is 0 Å². The topological polar surface area (TPSA) is 121 Å². The Morgan fingerprint density at radius 2 is 1.57 bits per heavy atom. The minimum atomic E-state index is -0.355. The van der Waals surface area contributed by atoms with Crippen LogP contribution in [0, 0.1) is 0 Å². The molecule has 0 bridgehead atoms. The molecule has 2 saturated heterocycles. The van der Waals surface area contributed by atoms with Crippen molar-refractivity contribution in [2.24, 2.45) is 0 Å². The van der Waals surface area contributed by atoms with Gasteiger partial charge in [0.05, 0.1) is 38.3 Å². The van der Waals surface area contributed by atoms with Crippen LogP contribution in [-0.4, -0.2) is 97.2 Å². The Bertz CT molecular complexity index is 1830. The molecule has 0 saturated carbocycles. The number of hydrogen-bond acceptors (Lipinski definition) is 8. The second kappa shape index (κ2) is 13.8. The summed E-state index contributed by atoms with van der Waals surface area (Å²) in [6.07, 6.45) is 1.80. The molecule has 2 N–H and O–H groups in total. The molecule has 3 aliphatic heterocycles. The third kappa shape index (κ3) is 6.67. The first-order chi connectivity index (χ1) is 23.8. The third-order valence-electron chi connectivity index (χ3n) is 9.55. The number of aromatic nitrogens is 2. The molecule has 4 aromatic rings. The molecule has 0 unspecified atom stereocenters. The number of fused-ring (bicyclic) bond motifs is 2. The molecule has 2 fully saturated rings. The van der Waals surface area contributed by atoms with Gasteiger partial charge < -0.3 is 34.5 Å². The number of ether oxygens (including phenoxy) is 2. The number of rotatable bonds is 9. The minimum absolute atomic E-state index is 0.0223. The molecule has 1 spiro atoms. The fraction of sp³-hybridized carbons (Fsp3) is 0.351. The van der Waals surface area contributed by atoms with Crippen LogP contribution in [-0.2, 0) is 34.6 Å². The van der Waals surface area contributed by atoms with Gasteiger partial charge in [0.1, 0.15) is 5.54 Å². The van der Waals surface area contributed by atoms with Crippen LogP contribution < -0.4 is 15.5 Å². The van der Waals surface area contributed by atoms with Crippen LogP contribution in [0.15, 0.2) is 79.0 Å². The quantitative estimate of drug-likeness (QED) is 0.280. The lowest BCUT2D eigenvalue weighted by atomic mass is 9.88. The van der Waals surface area contributed by atoms with Crippen LogP contribution in [0.4, 0.5) is 11.4 Å². The molecule has 4 heterocycles. The van der Waals surface area contributed by atoms with Crippen molar-refractivity contribution in [3.8, 4) is 0 Å². The molecule has 3 amide bonds. The number of carbonyl (C=O) groups is 3. The highest BCUT2D eigenvalue weighted by molar-refractivity contribution is 6.04. The van der Waals surface area contributed by atoms with Gasteiger partial charge in [-0.1, -0.05) is 30.3 Å². The number of anilines is 2. The number of nitrogens with one attached hydrogen (secondary N) is 2. The molecule has 3 aliphatic rings. The summed E-state index contributed by atoms with van der Waals surface area (Å²) >= 11 is 0. The smallest absolute Gasteiger partial charge is 0.287 e. The summed E-state index contributed by atoms with van der Waals surface area (Å²) in [4.78, 5) is 49.4. The summed E-state index contributed by atoms with van der Waals surface area (Å²) in [5, 5.41) is 5.99. The summed E-state index contributed by atoms with van der Waals surface area (Å²) in [7, 11) is 3.49. The van der Waals surface area contributed by atoms with Gasteiger partial charge in [0.15, 0.2) is 5.82 Å². The fourth-order valence-corrected chi connectivity index (χ4v) is 6.67.